The van der Waals surface area contributed by atoms with Crippen LogP contribution in [0.2, 0.25) is 5.02 Å². The van der Waals surface area contributed by atoms with E-state index in [0.717, 1.165) is 17.2 Å². The number of hydrogen-bond acceptors (Lipinski definition) is 2. The zero-order chi connectivity index (χ0) is 14.4. The van der Waals surface area contributed by atoms with Crippen LogP contribution in [-0.4, -0.2) is 13.7 Å². The van der Waals surface area contributed by atoms with Gasteiger partial charge in [-0.3, -0.25) is 0 Å². The maximum atomic E-state index is 5.92. The van der Waals surface area contributed by atoms with Crippen molar-refractivity contribution in [3.05, 3.63) is 64.7 Å². The van der Waals surface area contributed by atoms with Gasteiger partial charge in [-0.2, -0.15) is 0 Å². The predicted molar refractivity (Wildman–Crippen MR) is 84.6 cm³/mol. The molecule has 0 aliphatic heterocycles. The zero-order valence-corrected chi connectivity index (χ0v) is 12.7. The summed E-state index contributed by atoms with van der Waals surface area (Å²) in [5.74, 6) is 0.914. The van der Waals surface area contributed by atoms with E-state index in [4.69, 9.17) is 16.3 Å². The number of rotatable bonds is 6. The first-order valence-electron chi connectivity index (χ1n) is 6.87. The van der Waals surface area contributed by atoms with E-state index < -0.39 is 0 Å². The van der Waals surface area contributed by atoms with Gasteiger partial charge in [-0.1, -0.05) is 35.9 Å². The van der Waals surface area contributed by atoms with Crippen molar-refractivity contribution in [2.45, 2.75) is 19.4 Å². The summed E-state index contributed by atoms with van der Waals surface area (Å²) in [6.07, 6.45) is 0.932. The first-order chi connectivity index (χ1) is 9.72. The molecule has 0 aliphatic rings. The molecule has 1 atom stereocenters. The Morgan fingerprint density at radius 2 is 1.70 bits per heavy atom. The van der Waals surface area contributed by atoms with Crippen molar-refractivity contribution in [1.29, 1.82) is 0 Å². The van der Waals surface area contributed by atoms with E-state index in [0.29, 0.717) is 6.61 Å². The van der Waals surface area contributed by atoms with Crippen LogP contribution < -0.4 is 10.1 Å². The molecule has 1 N–H and O–H groups in total. The van der Waals surface area contributed by atoms with Crippen molar-refractivity contribution in [1.82, 2.24) is 5.32 Å². The van der Waals surface area contributed by atoms with Crippen LogP contribution >= 0.6 is 11.6 Å². The molecule has 106 valence electrons. The van der Waals surface area contributed by atoms with Crippen molar-refractivity contribution in [2.75, 3.05) is 13.7 Å². The predicted octanol–water partition coefficient (Wildman–Crippen LogP) is 4.24. The summed E-state index contributed by atoms with van der Waals surface area (Å²) in [7, 11) is 1.98. The Morgan fingerprint density at radius 1 is 1.05 bits per heavy atom. The third kappa shape index (κ3) is 3.99. The molecule has 3 heteroatoms. The Kier molecular flexibility index (Phi) is 5.45. The first kappa shape index (κ1) is 14.9. The summed E-state index contributed by atoms with van der Waals surface area (Å²) in [4.78, 5) is 0. The summed E-state index contributed by atoms with van der Waals surface area (Å²) in [6, 6.07) is 16.6. The van der Waals surface area contributed by atoms with Crippen LogP contribution in [0.25, 0.3) is 0 Å². The lowest BCUT2D eigenvalue weighted by atomic mass is 9.99. The second-order valence-electron chi connectivity index (χ2n) is 4.67. The number of nitrogens with one attached hydrogen (secondary N) is 1. The van der Waals surface area contributed by atoms with Crippen molar-refractivity contribution in [3.8, 4) is 5.75 Å². The molecule has 0 amide bonds. The van der Waals surface area contributed by atoms with Crippen LogP contribution in [0, 0.1) is 0 Å². The highest BCUT2D eigenvalue weighted by Crippen LogP contribution is 2.22. The van der Waals surface area contributed by atoms with Crippen molar-refractivity contribution >= 4 is 11.6 Å². The van der Waals surface area contributed by atoms with E-state index >= 15 is 0 Å². The summed E-state index contributed by atoms with van der Waals surface area (Å²) < 4.78 is 5.47. The summed E-state index contributed by atoms with van der Waals surface area (Å²) in [5, 5.41) is 4.13. The van der Waals surface area contributed by atoms with Gasteiger partial charge in [0.2, 0.25) is 0 Å². The standard InChI is InChI=1S/C17H20ClNO/c1-3-20-16-10-6-14(7-11-16)17(19-2)12-13-4-8-15(18)9-5-13/h4-11,17,19H,3,12H2,1-2H3. The molecule has 0 saturated heterocycles. The van der Waals surface area contributed by atoms with Gasteiger partial charge in [-0.05, 0) is 55.8 Å². The minimum atomic E-state index is 0.284. The fourth-order valence-corrected chi connectivity index (χ4v) is 2.33. The zero-order valence-electron chi connectivity index (χ0n) is 11.9. The summed E-state index contributed by atoms with van der Waals surface area (Å²) >= 11 is 5.92. The second kappa shape index (κ2) is 7.32. The minimum absolute atomic E-state index is 0.284. The van der Waals surface area contributed by atoms with Crippen LogP contribution in [0.4, 0.5) is 0 Å². The number of hydrogen-bond donors (Lipinski definition) is 1. The summed E-state index contributed by atoms with van der Waals surface area (Å²) in [5.41, 5.74) is 2.52. The van der Waals surface area contributed by atoms with Crippen molar-refractivity contribution in [3.63, 3.8) is 0 Å². The summed E-state index contributed by atoms with van der Waals surface area (Å²) in [6.45, 7) is 2.68. The smallest absolute Gasteiger partial charge is 0.119 e. The molecule has 0 bridgehead atoms. The topological polar surface area (TPSA) is 21.3 Å². The monoisotopic (exact) mass is 289 g/mol. The van der Waals surface area contributed by atoms with Gasteiger partial charge >= 0.3 is 0 Å². The lowest BCUT2D eigenvalue weighted by Gasteiger charge is -2.17. The molecule has 2 rings (SSSR count). The molecule has 1 unspecified atom stereocenters. The third-order valence-corrected chi connectivity index (χ3v) is 3.55. The molecule has 0 saturated carbocycles. The number of ether oxygens (including phenoxy) is 1. The van der Waals surface area contributed by atoms with Gasteiger partial charge < -0.3 is 10.1 Å². The van der Waals surface area contributed by atoms with E-state index in [1.54, 1.807) is 0 Å². The van der Waals surface area contributed by atoms with Crippen LogP contribution in [0.5, 0.6) is 5.75 Å². The third-order valence-electron chi connectivity index (χ3n) is 3.30. The van der Waals surface area contributed by atoms with Gasteiger partial charge in [0.15, 0.2) is 0 Å². The molecule has 0 fully saturated rings. The Morgan fingerprint density at radius 3 is 2.25 bits per heavy atom. The molecule has 20 heavy (non-hydrogen) atoms. The fraction of sp³-hybridized carbons (Fsp3) is 0.294. The number of halogens is 1. The van der Waals surface area contributed by atoms with Crippen molar-refractivity contribution < 1.29 is 4.74 Å². The minimum Gasteiger partial charge on any atom is -0.494 e. The molecular formula is C17H20ClNO. The average molecular weight is 290 g/mol. The maximum Gasteiger partial charge on any atom is 0.119 e. The van der Waals surface area contributed by atoms with Crippen LogP contribution in [0.15, 0.2) is 48.5 Å². The van der Waals surface area contributed by atoms with Gasteiger partial charge in [0, 0.05) is 11.1 Å². The average Bonchev–Trinajstić information content (AvgIpc) is 2.48. The molecule has 0 spiro atoms. The molecule has 0 radical (unpaired) electrons. The van der Waals surface area contributed by atoms with Gasteiger partial charge in [0.05, 0.1) is 6.61 Å². The van der Waals surface area contributed by atoms with E-state index in [2.05, 4.69) is 29.6 Å². The maximum absolute atomic E-state index is 5.92. The molecule has 0 heterocycles. The number of likely N-dealkylation sites (N-methyl/N-ethyl adjacent to an activating group) is 1. The SMILES string of the molecule is CCOc1ccc(C(Cc2ccc(Cl)cc2)NC)cc1. The van der Waals surface area contributed by atoms with Crippen LogP contribution in [-0.2, 0) is 6.42 Å². The van der Waals surface area contributed by atoms with Crippen molar-refractivity contribution in [2.24, 2.45) is 0 Å². The molecule has 2 aromatic carbocycles. The largest absolute Gasteiger partial charge is 0.494 e. The van der Waals surface area contributed by atoms with E-state index in [1.165, 1.54) is 11.1 Å². The Bertz CT molecular complexity index is 522. The highest BCUT2D eigenvalue weighted by molar-refractivity contribution is 6.30. The van der Waals surface area contributed by atoms with Gasteiger partial charge in [0.25, 0.3) is 0 Å². The van der Waals surface area contributed by atoms with Crippen LogP contribution in [0.1, 0.15) is 24.1 Å². The first-order valence-corrected chi connectivity index (χ1v) is 7.25. The van der Waals surface area contributed by atoms with Gasteiger partial charge in [-0.15, -0.1) is 0 Å². The lowest BCUT2D eigenvalue weighted by molar-refractivity contribution is 0.340. The Hall–Kier alpha value is -1.51. The Labute approximate surface area is 125 Å². The molecule has 2 aromatic rings. The van der Waals surface area contributed by atoms with Gasteiger partial charge in [-0.25, -0.2) is 0 Å². The van der Waals surface area contributed by atoms with Gasteiger partial charge in [0.1, 0.15) is 5.75 Å². The van der Waals surface area contributed by atoms with E-state index in [-0.39, 0.29) is 6.04 Å². The fourth-order valence-electron chi connectivity index (χ4n) is 2.21. The quantitative estimate of drug-likeness (QED) is 0.859. The lowest BCUT2D eigenvalue weighted by Crippen LogP contribution is -2.18. The second-order valence-corrected chi connectivity index (χ2v) is 5.11. The van der Waals surface area contributed by atoms with E-state index in [1.807, 2.05) is 38.2 Å². The normalized spacial score (nSPS) is 12.2. The van der Waals surface area contributed by atoms with Crippen LogP contribution in [0.3, 0.4) is 0 Å². The molecular weight excluding hydrogens is 270 g/mol. The molecule has 0 aliphatic carbocycles. The molecule has 2 nitrogen and oxygen atoms in total. The molecule has 0 aromatic heterocycles. The number of benzene rings is 2. The van der Waals surface area contributed by atoms with E-state index in [9.17, 15) is 0 Å². The Balaban J connectivity index is 2.09. The highest BCUT2D eigenvalue weighted by atomic mass is 35.5. The highest BCUT2D eigenvalue weighted by Gasteiger charge is 2.10.